The predicted octanol–water partition coefficient (Wildman–Crippen LogP) is 4.86. The van der Waals surface area contributed by atoms with Crippen molar-refractivity contribution in [2.24, 2.45) is 0 Å². The zero-order chi connectivity index (χ0) is 17.9. The van der Waals surface area contributed by atoms with Crippen LogP contribution in [0, 0.1) is 5.82 Å². The van der Waals surface area contributed by atoms with Gasteiger partial charge in [-0.05, 0) is 42.5 Å². The molecule has 0 saturated carbocycles. The highest BCUT2D eigenvalue weighted by atomic mass is 19.1. The Morgan fingerprint density at radius 1 is 0.846 bits per heavy atom. The summed E-state index contributed by atoms with van der Waals surface area (Å²) in [6, 6.07) is 25.2. The van der Waals surface area contributed by atoms with Gasteiger partial charge in [-0.2, -0.15) is 0 Å². The van der Waals surface area contributed by atoms with Crippen LogP contribution >= 0.6 is 0 Å². The quantitative estimate of drug-likeness (QED) is 0.670. The van der Waals surface area contributed by atoms with Crippen molar-refractivity contribution in [3.05, 3.63) is 90.2 Å². The molecule has 1 saturated heterocycles. The van der Waals surface area contributed by atoms with Gasteiger partial charge in [-0.15, -0.1) is 0 Å². The molecule has 132 valence electrons. The lowest BCUT2D eigenvalue weighted by molar-refractivity contribution is 0.415. The van der Waals surface area contributed by atoms with Crippen LogP contribution in [0.1, 0.15) is 11.6 Å². The summed E-state index contributed by atoms with van der Waals surface area (Å²) in [4.78, 5) is 4.52. The summed E-state index contributed by atoms with van der Waals surface area (Å²) in [5.74, 6) is 0.654. The van der Waals surface area contributed by atoms with E-state index in [1.807, 2.05) is 54.6 Å². The third-order valence-corrected chi connectivity index (χ3v) is 4.88. The molecule has 0 spiro atoms. The zero-order valence-electron chi connectivity index (χ0n) is 14.7. The first-order valence-electron chi connectivity index (χ1n) is 8.71. The first kappa shape index (κ1) is 16.5. The Labute approximate surface area is 153 Å². The van der Waals surface area contributed by atoms with Crippen molar-refractivity contribution in [3.8, 4) is 5.75 Å². The topological polar surface area (TPSA) is 15.7 Å². The lowest BCUT2D eigenvalue weighted by atomic mass is 10.0. The second kappa shape index (κ2) is 7.08. The molecule has 3 aromatic carbocycles. The van der Waals surface area contributed by atoms with Crippen LogP contribution < -0.4 is 14.5 Å². The molecule has 0 radical (unpaired) electrons. The van der Waals surface area contributed by atoms with Crippen LogP contribution in [0.5, 0.6) is 5.75 Å². The highest BCUT2D eigenvalue weighted by molar-refractivity contribution is 5.58. The predicted molar refractivity (Wildman–Crippen MR) is 103 cm³/mol. The van der Waals surface area contributed by atoms with Gasteiger partial charge in [0.25, 0.3) is 0 Å². The summed E-state index contributed by atoms with van der Waals surface area (Å²) in [6.45, 7) is 1.44. The van der Waals surface area contributed by atoms with Gasteiger partial charge in [0.2, 0.25) is 0 Å². The van der Waals surface area contributed by atoms with E-state index >= 15 is 0 Å². The number of hydrogen-bond acceptors (Lipinski definition) is 3. The van der Waals surface area contributed by atoms with Crippen molar-refractivity contribution in [2.75, 3.05) is 30.1 Å². The Hall–Kier alpha value is -3.01. The molecule has 0 bridgehead atoms. The Bertz CT molecular complexity index is 867. The second-order valence-electron chi connectivity index (χ2n) is 6.40. The largest absolute Gasteiger partial charge is 0.497 e. The standard InChI is InChI=1S/C22H21FN2O/c1-26-19-13-11-18(12-14-19)25-16-24(17-7-3-2-4-8-17)15-22(25)20-9-5-6-10-21(20)23/h2-14,22H,15-16H2,1H3. The van der Waals surface area contributed by atoms with Crippen molar-refractivity contribution < 1.29 is 9.13 Å². The smallest absolute Gasteiger partial charge is 0.128 e. The molecule has 0 aliphatic carbocycles. The van der Waals surface area contributed by atoms with Crippen molar-refractivity contribution >= 4 is 11.4 Å². The normalized spacial score (nSPS) is 16.8. The third kappa shape index (κ3) is 3.10. The number of anilines is 2. The van der Waals surface area contributed by atoms with Crippen LogP contribution in [0.4, 0.5) is 15.8 Å². The van der Waals surface area contributed by atoms with Crippen molar-refractivity contribution in [2.45, 2.75) is 6.04 Å². The van der Waals surface area contributed by atoms with E-state index in [1.165, 1.54) is 6.07 Å². The van der Waals surface area contributed by atoms with E-state index in [0.717, 1.165) is 29.2 Å². The number of ether oxygens (including phenoxy) is 1. The van der Waals surface area contributed by atoms with Gasteiger partial charge in [-0.1, -0.05) is 36.4 Å². The summed E-state index contributed by atoms with van der Waals surface area (Å²) < 4.78 is 19.8. The molecule has 0 aromatic heterocycles. The highest BCUT2D eigenvalue weighted by Crippen LogP contribution is 2.36. The van der Waals surface area contributed by atoms with Gasteiger partial charge in [0.15, 0.2) is 0 Å². The van der Waals surface area contributed by atoms with Gasteiger partial charge in [0.05, 0.1) is 19.8 Å². The molecule has 3 nitrogen and oxygen atoms in total. The zero-order valence-corrected chi connectivity index (χ0v) is 14.7. The average Bonchev–Trinajstić information content (AvgIpc) is 3.14. The molecule has 26 heavy (non-hydrogen) atoms. The van der Waals surface area contributed by atoms with Crippen LogP contribution in [-0.2, 0) is 0 Å². The van der Waals surface area contributed by atoms with Crippen LogP contribution in [-0.4, -0.2) is 20.3 Å². The summed E-state index contributed by atoms with van der Waals surface area (Å²) in [5.41, 5.74) is 2.92. The number of hydrogen-bond donors (Lipinski definition) is 0. The molecule has 1 fully saturated rings. The lowest BCUT2D eigenvalue weighted by Crippen LogP contribution is -2.26. The van der Waals surface area contributed by atoms with Crippen molar-refractivity contribution in [1.82, 2.24) is 0 Å². The number of methoxy groups -OCH3 is 1. The van der Waals surface area contributed by atoms with Gasteiger partial charge in [-0.3, -0.25) is 0 Å². The molecule has 1 heterocycles. The summed E-state index contributed by atoms with van der Waals surface area (Å²) in [6.07, 6.45) is 0. The van der Waals surface area contributed by atoms with Gasteiger partial charge in [0, 0.05) is 23.5 Å². The first-order chi connectivity index (χ1) is 12.8. The first-order valence-corrected chi connectivity index (χ1v) is 8.71. The molecule has 1 atom stereocenters. The maximum atomic E-state index is 14.5. The van der Waals surface area contributed by atoms with E-state index in [1.54, 1.807) is 13.2 Å². The number of halogens is 1. The van der Waals surface area contributed by atoms with E-state index in [2.05, 4.69) is 21.9 Å². The Kier molecular flexibility index (Phi) is 4.48. The van der Waals surface area contributed by atoms with E-state index in [9.17, 15) is 4.39 Å². The molecule has 3 aromatic rings. The van der Waals surface area contributed by atoms with Gasteiger partial charge in [0.1, 0.15) is 11.6 Å². The number of para-hydroxylation sites is 1. The van der Waals surface area contributed by atoms with Crippen molar-refractivity contribution in [3.63, 3.8) is 0 Å². The number of nitrogens with zero attached hydrogens (tertiary/aromatic N) is 2. The maximum absolute atomic E-state index is 14.5. The molecule has 0 amide bonds. The molecule has 4 rings (SSSR count). The molecule has 4 heteroatoms. The second-order valence-corrected chi connectivity index (χ2v) is 6.40. The monoisotopic (exact) mass is 348 g/mol. The Morgan fingerprint density at radius 2 is 1.54 bits per heavy atom. The Morgan fingerprint density at radius 3 is 2.23 bits per heavy atom. The summed E-state index contributed by atoms with van der Waals surface area (Å²) in [5, 5.41) is 0. The minimum Gasteiger partial charge on any atom is -0.497 e. The average molecular weight is 348 g/mol. The maximum Gasteiger partial charge on any atom is 0.128 e. The Balaban J connectivity index is 1.71. The number of rotatable bonds is 4. The fourth-order valence-corrected chi connectivity index (χ4v) is 3.52. The van der Waals surface area contributed by atoms with Crippen LogP contribution in [0.2, 0.25) is 0 Å². The lowest BCUT2D eigenvalue weighted by Gasteiger charge is -2.26. The van der Waals surface area contributed by atoms with Gasteiger partial charge in [-0.25, -0.2) is 4.39 Å². The molecule has 1 unspecified atom stereocenters. The third-order valence-electron chi connectivity index (χ3n) is 4.88. The molecule has 1 aliphatic rings. The van der Waals surface area contributed by atoms with E-state index in [0.29, 0.717) is 6.67 Å². The van der Waals surface area contributed by atoms with Crippen molar-refractivity contribution in [1.29, 1.82) is 0 Å². The molecular weight excluding hydrogens is 327 g/mol. The van der Waals surface area contributed by atoms with E-state index in [-0.39, 0.29) is 11.9 Å². The number of benzene rings is 3. The van der Waals surface area contributed by atoms with Crippen LogP contribution in [0.15, 0.2) is 78.9 Å². The fourth-order valence-electron chi connectivity index (χ4n) is 3.52. The van der Waals surface area contributed by atoms with Gasteiger partial charge < -0.3 is 14.5 Å². The highest BCUT2D eigenvalue weighted by Gasteiger charge is 2.33. The van der Waals surface area contributed by atoms with E-state index < -0.39 is 0 Å². The van der Waals surface area contributed by atoms with Crippen LogP contribution in [0.3, 0.4) is 0 Å². The fraction of sp³-hybridized carbons (Fsp3) is 0.182. The minimum absolute atomic E-state index is 0.0511. The molecule has 1 aliphatic heterocycles. The SMILES string of the molecule is COc1ccc(N2CN(c3ccccc3)CC2c2ccccc2F)cc1. The van der Waals surface area contributed by atoms with E-state index in [4.69, 9.17) is 4.74 Å². The molecule has 0 N–H and O–H groups in total. The summed E-state index contributed by atoms with van der Waals surface area (Å²) in [7, 11) is 1.66. The van der Waals surface area contributed by atoms with Crippen LogP contribution in [0.25, 0.3) is 0 Å². The van der Waals surface area contributed by atoms with Gasteiger partial charge >= 0.3 is 0 Å². The molecular formula is C22H21FN2O. The summed E-state index contributed by atoms with van der Waals surface area (Å²) >= 11 is 0. The minimum atomic E-state index is -0.161.